The van der Waals surface area contributed by atoms with E-state index in [4.69, 9.17) is 5.26 Å². The molecule has 7 heteroatoms. The van der Waals surface area contributed by atoms with Gasteiger partial charge in [-0.1, -0.05) is 0 Å². The van der Waals surface area contributed by atoms with Gasteiger partial charge in [0.05, 0.1) is 0 Å². The van der Waals surface area contributed by atoms with Crippen LogP contribution in [0.15, 0.2) is 15.9 Å². The smallest absolute Gasteiger partial charge is 0.315 e. The molecule has 0 amide bonds. The molecule has 0 N–H and O–H groups in total. The second kappa shape index (κ2) is 3.79. The fourth-order valence-corrected chi connectivity index (χ4v) is 3.07. The lowest BCUT2D eigenvalue weighted by molar-refractivity contribution is -0.139. The van der Waals surface area contributed by atoms with Crippen molar-refractivity contribution in [2.24, 2.45) is 0 Å². The number of aromatic nitrogens is 1. The van der Waals surface area contributed by atoms with E-state index < -0.39 is 12.7 Å². The minimum atomic E-state index is -4.33. The van der Waals surface area contributed by atoms with Crippen molar-refractivity contribution in [2.45, 2.75) is 12.7 Å². The number of nitrogens with zero attached hydrogens (tertiary/aromatic N) is 2. The summed E-state index contributed by atoms with van der Waals surface area (Å²) in [6, 6.07) is 3.23. The molecule has 2 rings (SSSR count). The molecule has 0 bridgehead atoms. The standard InChI is InChI=1S/C9H4BrF3N2S/c10-7-3-16-8-6(7)1-5(2-14)15(8)4-9(11,12)13/h1,3H,4H2. The fraction of sp³-hybridized carbons (Fsp3) is 0.222. The van der Waals surface area contributed by atoms with Crippen molar-refractivity contribution in [1.82, 2.24) is 4.57 Å². The molecule has 0 fully saturated rings. The third-order valence-corrected chi connectivity index (χ3v) is 4.01. The largest absolute Gasteiger partial charge is 0.406 e. The highest BCUT2D eigenvalue weighted by Crippen LogP contribution is 2.34. The summed E-state index contributed by atoms with van der Waals surface area (Å²) in [6.07, 6.45) is -4.33. The SMILES string of the molecule is N#Cc1cc2c(Br)csc2n1CC(F)(F)F. The van der Waals surface area contributed by atoms with E-state index in [2.05, 4.69) is 15.9 Å². The summed E-state index contributed by atoms with van der Waals surface area (Å²) >= 11 is 4.41. The Balaban J connectivity index is 2.61. The highest BCUT2D eigenvalue weighted by molar-refractivity contribution is 9.10. The van der Waals surface area contributed by atoms with Gasteiger partial charge in [0.1, 0.15) is 23.1 Å². The van der Waals surface area contributed by atoms with Crippen molar-refractivity contribution in [1.29, 1.82) is 5.26 Å². The van der Waals surface area contributed by atoms with Crippen molar-refractivity contribution in [2.75, 3.05) is 0 Å². The first-order valence-corrected chi connectivity index (χ1v) is 5.83. The zero-order valence-corrected chi connectivity index (χ0v) is 10.1. The van der Waals surface area contributed by atoms with E-state index in [1.54, 1.807) is 11.4 Å². The quantitative estimate of drug-likeness (QED) is 0.785. The van der Waals surface area contributed by atoms with Crippen LogP contribution < -0.4 is 0 Å². The number of alkyl halides is 3. The van der Waals surface area contributed by atoms with Gasteiger partial charge in [-0.25, -0.2) is 0 Å². The van der Waals surface area contributed by atoms with Crippen molar-refractivity contribution >= 4 is 37.5 Å². The zero-order valence-electron chi connectivity index (χ0n) is 7.68. The average Bonchev–Trinajstić information content (AvgIpc) is 2.67. The second-order valence-electron chi connectivity index (χ2n) is 3.15. The van der Waals surface area contributed by atoms with Crippen molar-refractivity contribution in [3.63, 3.8) is 0 Å². The molecule has 2 nitrogen and oxygen atoms in total. The summed E-state index contributed by atoms with van der Waals surface area (Å²) in [5, 5.41) is 11.1. The molecule has 0 spiro atoms. The molecule has 0 saturated carbocycles. The van der Waals surface area contributed by atoms with E-state index in [-0.39, 0.29) is 5.69 Å². The third-order valence-electron chi connectivity index (χ3n) is 2.03. The Morgan fingerprint density at radius 3 is 2.75 bits per heavy atom. The Morgan fingerprint density at radius 1 is 1.50 bits per heavy atom. The third kappa shape index (κ3) is 1.95. The number of hydrogen-bond donors (Lipinski definition) is 0. The van der Waals surface area contributed by atoms with Crippen molar-refractivity contribution in [3.8, 4) is 6.07 Å². The van der Waals surface area contributed by atoms with Crippen LogP contribution in [0.3, 0.4) is 0 Å². The Hall–Kier alpha value is -1.00. The van der Waals surface area contributed by atoms with Gasteiger partial charge in [0.15, 0.2) is 0 Å². The summed E-state index contributed by atoms with van der Waals surface area (Å²) in [4.78, 5) is 0.459. The lowest BCUT2D eigenvalue weighted by Crippen LogP contribution is -2.18. The molecule has 16 heavy (non-hydrogen) atoms. The van der Waals surface area contributed by atoms with Gasteiger partial charge in [0.25, 0.3) is 0 Å². The normalized spacial score (nSPS) is 11.9. The maximum absolute atomic E-state index is 12.3. The highest BCUT2D eigenvalue weighted by atomic mass is 79.9. The van der Waals surface area contributed by atoms with Gasteiger partial charge in [-0.2, -0.15) is 18.4 Å². The Kier molecular flexibility index (Phi) is 2.72. The molecule has 84 valence electrons. The highest BCUT2D eigenvalue weighted by Gasteiger charge is 2.30. The molecule has 0 unspecified atom stereocenters. The topological polar surface area (TPSA) is 28.7 Å². The summed E-state index contributed by atoms with van der Waals surface area (Å²) in [5.74, 6) is 0. The Morgan fingerprint density at radius 2 is 2.19 bits per heavy atom. The van der Waals surface area contributed by atoms with Crippen LogP contribution in [0.5, 0.6) is 0 Å². The zero-order chi connectivity index (χ0) is 11.9. The number of hydrogen-bond acceptors (Lipinski definition) is 2. The monoisotopic (exact) mass is 308 g/mol. The van der Waals surface area contributed by atoms with Gasteiger partial charge in [-0.3, -0.25) is 0 Å². The number of halogens is 4. The minimum absolute atomic E-state index is 0.0277. The van der Waals surface area contributed by atoms with E-state index in [1.807, 2.05) is 0 Å². The van der Waals surface area contributed by atoms with Crippen molar-refractivity contribution in [3.05, 3.63) is 21.6 Å². The van der Waals surface area contributed by atoms with Crippen LogP contribution in [0.25, 0.3) is 10.2 Å². The predicted molar refractivity (Wildman–Crippen MR) is 58.3 cm³/mol. The molecule has 2 heterocycles. The average molecular weight is 309 g/mol. The van der Waals surface area contributed by atoms with Gasteiger partial charge in [0.2, 0.25) is 0 Å². The van der Waals surface area contributed by atoms with Crippen LogP contribution in [0.2, 0.25) is 0 Å². The first-order chi connectivity index (χ1) is 7.42. The first-order valence-electron chi connectivity index (χ1n) is 4.15. The summed E-state index contributed by atoms with van der Waals surface area (Å²) < 4.78 is 38.7. The van der Waals surface area contributed by atoms with E-state index in [0.29, 0.717) is 14.7 Å². The summed E-state index contributed by atoms with van der Waals surface area (Å²) in [5.41, 5.74) is 0.0277. The van der Waals surface area contributed by atoms with Crippen LogP contribution >= 0.6 is 27.3 Å². The van der Waals surface area contributed by atoms with E-state index in [9.17, 15) is 13.2 Å². The molecule has 2 aromatic rings. The van der Waals surface area contributed by atoms with Gasteiger partial charge >= 0.3 is 6.18 Å². The number of fused-ring (bicyclic) bond motifs is 1. The maximum atomic E-state index is 12.3. The summed E-state index contributed by atoms with van der Waals surface area (Å²) in [6.45, 7) is -1.13. The first kappa shape index (κ1) is 11.5. The van der Waals surface area contributed by atoms with Gasteiger partial charge in [-0.15, -0.1) is 11.3 Å². The fourth-order valence-electron chi connectivity index (χ4n) is 1.43. The van der Waals surface area contributed by atoms with E-state index in [1.165, 1.54) is 17.4 Å². The molecule has 0 aliphatic rings. The van der Waals surface area contributed by atoms with Crippen LogP contribution in [-0.4, -0.2) is 10.7 Å². The second-order valence-corrected chi connectivity index (χ2v) is 4.86. The number of rotatable bonds is 1. The predicted octanol–water partition coefficient (Wildman–Crippen LogP) is 3.90. The van der Waals surface area contributed by atoms with Crippen molar-refractivity contribution < 1.29 is 13.2 Å². The van der Waals surface area contributed by atoms with Crippen LogP contribution in [0, 0.1) is 11.3 Å². The number of nitriles is 1. The molecule has 0 atom stereocenters. The van der Waals surface area contributed by atoms with Gasteiger partial charge in [-0.05, 0) is 22.0 Å². The molecular weight excluding hydrogens is 305 g/mol. The van der Waals surface area contributed by atoms with Gasteiger partial charge < -0.3 is 4.57 Å². The lowest BCUT2D eigenvalue weighted by Gasteiger charge is -2.08. The number of thiophene rings is 1. The molecule has 0 radical (unpaired) electrons. The van der Waals surface area contributed by atoms with Gasteiger partial charge in [0, 0.05) is 15.2 Å². The molecule has 0 saturated heterocycles. The van der Waals surface area contributed by atoms with E-state index in [0.717, 1.165) is 4.57 Å². The Labute approximate surface area is 101 Å². The summed E-state index contributed by atoms with van der Waals surface area (Å²) in [7, 11) is 0. The molecular formula is C9H4BrF3N2S. The molecule has 0 aliphatic carbocycles. The lowest BCUT2D eigenvalue weighted by atomic mass is 10.4. The molecule has 0 aliphatic heterocycles. The minimum Gasteiger partial charge on any atom is -0.315 e. The maximum Gasteiger partial charge on any atom is 0.406 e. The van der Waals surface area contributed by atoms with Crippen LogP contribution in [-0.2, 0) is 6.54 Å². The van der Waals surface area contributed by atoms with Crippen LogP contribution in [0.1, 0.15) is 5.69 Å². The Bertz CT molecular complexity index is 576. The molecule has 0 aromatic carbocycles. The van der Waals surface area contributed by atoms with E-state index >= 15 is 0 Å². The molecule has 2 aromatic heterocycles. The van der Waals surface area contributed by atoms with Crippen LogP contribution in [0.4, 0.5) is 13.2 Å².